The van der Waals surface area contributed by atoms with E-state index in [4.69, 9.17) is 9.47 Å². The van der Waals surface area contributed by atoms with Crippen LogP contribution in [0.4, 0.5) is 0 Å². The highest BCUT2D eigenvalue weighted by Gasteiger charge is 2.20. The van der Waals surface area contributed by atoms with Crippen molar-refractivity contribution in [2.24, 2.45) is 0 Å². The summed E-state index contributed by atoms with van der Waals surface area (Å²) in [6.07, 6.45) is 2.09. The molecule has 7 nitrogen and oxygen atoms in total. The monoisotopic (exact) mass is 351 g/mol. The van der Waals surface area contributed by atoms with E-state index < -0.39 is 12.1 Å². The van der Waals surface area contributed by atoms with Crippen LogP contribution in [0.25, 0.3) is 5.69 Å². The molecule has 0 saturated carbocycles. The van der Waals surface area contributed by atoms with E-state index in [0.29, 0.717) is 16.9 Å². The maximum atomic E-state index is 12.4. The predicted octanol–water partition coefficient (Wildman–Crippen LogP) is 2.70. The van der Waals surface area contributed by atoms with Crippen molar-refractivity contribution in [3.8, 4) is 11.4 Å². The third-order valence-electron chi connectivity index (χ3n) is 3.81. The topological polar surface area (TPSA) is 83.3 Å². The predicted molar refractivity (Wildman–Crippen MR) is 93.6 cm³/mol. The number of nitrogens with zero attached hydrogens (tertiary/aromatic N) is 3. The average Bonchev–Trinajstić information content (AvgIpc) is 3.22. The highest BCUT2D eigenvalue weighted by Crippen LogP contribution is 2.15. The van der Waals surface area contributed by atoms with Gasteiger partial charge in [0.1, 0.15) is 18.4 Å². The van der Waals surface area contributed by atoms with E-state index in [1.54, 1.807) is 73.6 Å². The summed E-state index contributed by atoms with van der Waals surface area (Å²) in [4.78, 5) is 28.5. The quantitative estimate of drug-likeness (QED) is 0.501. The molecule has 132 valence electrons. The van der Waals surface area contributed by atoms with Crippen molar-refractivity contribution in [3.05, 3.63) is 72.3 Å². The van der Waals surface area contributed by atoms with E-state index in [1.165, 1.54) is 6.33 Å². The van der Waals surface area contributed by atoms with Crippen LogP contribution in [-0.2, 0) is 4.74 Å². The van der Waals surface area contributed by atoms with E-state index in [0.717, 1.165) is 5.69 Å². The Morgan fingerprint density at radius 2 is 1.65 bits per heavy atom. The van der Waals surface area contributed by atoms with Crippen LogP contribution < -0.4 is 4.74 Å². The molecular weight excluding hydrogens is 334 g/mol. The first-order valence-corrected chi connectivity index (χ1v) is 7.93. The van der Waals surface area contributed by atoms with Gasteiger partial charge in [-0.1, -0.05) is 0 Å². The van der Waals surface area contributed by atoms with Gasteiger partial charge < -0.3 is 9.47 Å². The van der Waals surface area contributed by atoms with Gasteiger partial charge in [-0.2, -0.15) is 5.10 Å². The Morgan fingerprint density at radius 1 is 1.00 bits per heavy atom. The Balaban J connectivity index is 1.65. The Hall–Kier alpha value is -3.48. The van der Waals surface area contributed by atoms with Gasteiger partial charge in [0.25, 0.3) is 0 Å². The Labute approximate surface area is 150 Å². The standard InChI is InChI=1S/C19H17N3O4/c1-13(18(23)14-5-9-17(25-2)10-6-14)26-19(24)15-3-7-16(8-4-15)22-12-20-11-21-22/h3-13H,1-2H3. The van der Waals surface area contributed by atoms with Crippen LogP contribution in [0.1, 0.15) is 27.6 Å². The third-order valence-corrected chi connectivity index (χ3v) is 3.81. The number of hydrogen-bond donors (Lipinski definition) is 0. The lowest BCUT2D eigenvalue weighted by Crippen LogP contribution is -2.24. The van der Waals surface area contributed by atoms with Gasteiger partial charge >= 0.3 is 5.97 Å². The molecule has 0 radical (unpaired) electrons. The lowest BCUT2D eigenvalue weighted by Gasteiger charge is -2.13. The maximum absolute atomic E-state index is 12.4. The number of ether oxygens (including phenoxy) is 2. The van der Waals surface area contributed by atoms with Gasteiger partial charge in [0.15, 0.2) is 6.10 Å². The first kappa shape index (κ1) is 17.3. The summed E-state index contributed by atoms with van der Waals surface area (Å²) >= 11 is 0. The molecule has 1 atom stereocenters. The number of hydrogen-bond acceptors (Lipinski definition) is 6. The van der Waals surface area contributed by atoms with E-state index in [-0.39, 0.29) is 5.78 Å². The lowest BCUT2D eigenvalue weighted by molar-refractivity contribution is 0.0319. The lowest BCUT2D eigenvalue weighted by atomic mass is 10.1. The molecule has 1 heterocycles. The molecule has 0 saturated heterocycles. The molecule has 0 bridgehead atoms. The van der Waals surface area contributed by atoms with Gasteiger partial charge in [-0.05, 0) is 55.5 Å². The normalized spacial score (nSPS) is 11.6. The van der Waals surface area contributed by atoms with E-state index in [2.05, 4.69) is 10.1 Å². The van der Waals surface area contributed by atoms with Crippen LogP contribution in [0.5, 0.6) is 5.75 Å². The van der Waals surface area contributed by atoms with Crippen LogP contribution in [0.3, 0.4) is 0 Å². The third kappa shape index (κ3) is 3.77. The Bertz CT molecular complexity index is 888. The van der Waals surface area contributed by atoms with Gasteiger partial charge in [0, 0.05) is 5.56 Å². The van der Waals surface area contributed by atoms with Gasteiger partial charge in [0.05, 0.1) is 18.4 Å². The van der Waals surface area contributed by atoms with Crippen LogP contribution in [0.15, 0.2) is 61.2 Å². The van der Waals surface area contributed by atoms with Crippen molar-refractivity contribution >= 4 is 11.8 Å². The smallest absolute Gasteiger partial charge is 0.338 e. The van der Waals surface area contributed by atoms with Crippen LogP contribution in [0, 0.1) is 0 Å². The Morgan fingerprint density at radius 3 is 2.23 bits per heavy atom. The Kier molecular flexibility index (Phi) is 5.07. The van der Waals surface area contributed by atoms with Crippen molar-refractivity contribution in [2.75, 3.05) is 7.11 Å². The molecule has 0 aliphatic carbocycles. The molecule has 0 fully saturated rings. The van der Waals surface area contributed by atoms with Crippen molar-refractivity contribution in [2.45, 2.75) is 13.0 Å². The fraction of sp³-hybridized carbons (Fsp3) is 0.158. The minimum Gasteiger partial charge on any atom is -0.497 e. The molecule has 1 unspecified atom stereocenters. The zero-order valence-corrected chi connectivity index (χ0v) is 14.3. The molecule has 26 heavy (non-hydrogen) atoms. The molecule has 0 aliphatic heterocycles. The summed E-state index contributed by atoms with van der Waals surface area (Å²) in [5.41, 5.74) is 1.57. The summed E-state index contributed by atoms with van der Waals surface area (Å²) < 4.78 is 11.9. The number of carbonyl (C=O) groups excluding carboxylic acids is 2. The second-order valence-electron chi connectivity index (χ2n) is 5.53. The first-order chi connectivity index (χ1) is 12.6. The number of methoxy groups -OCH3 is 1. The van der Waals surface area contributed by atoms with Crippen molar-refractivity contribution in [1.82, 2.24) is 14.8 Å². The van der Waals surface area contributed by atoms with Gasteiger partial charge in [0.2, 0.25) is 5.78 Å². The molecule has 0 aliphatic rings. The largest absolute Gasteiger partial charge is 0.497 e. The minimum atomic E-state index is -0.897. The van der Waals surface area contributed by atoms with Gasteiger partial charge in [-0.3, -0.25) is 4.79 Å². The van der Waals surface area contributed by atoms with Crippen molar-refractivity contribution in [3.63, 3.8) is 0 Å². The highest BCUT2D eigenvalue weighted by molar-refractivity contribution is 6.01. The molecule has 0 N–H and O–H groups in total. The second-order valence-corrected chi connectivity index (χ2v) is 5.53. The minimum absolute atomic E-state index is 0.278. The van der Waals surface area contributed by atoms with Crippen LogP contribution >= 0.6 is 0 Å². The van der Waals surface area contributed by atoms with Crippen LogP contribution in [-0.4, -0.2) is 39.7 Å². The van der Waals surface area contributed by atoms with Crippen molar-refractivity contribution in [1.29, 1.82) is 0 Å². The van der Waals surface area contributed by atoms with E-state index in [9.17, 15) is 9.59 Å². The summed E-state index contributed by atoms with van der Waals surface area (Å²) in [6, 6.07) is 13.3. The molecule has 7 heteroatoms. The molecule has 1 aromatic heterocycles. The molecule has 0 spiro atoms. The zero-order valence-electron chi connectivity index (χ0n) is 14.3. The molecule has 3 rings (SSSR count). The summed E-state index contributed by atoms with van der Waals surface area (Å²) in [6.45, 7) is 1.55. The average molecular weight is 351 g/mol. The number of ketones is 1. The van der Waals surface area contributed by atoms with Crippen molar-refractivity contribution < 1.29 is 19.1 Å². The van der Waals surface area contributed by atoms with E-state index in [1.807, 2.05) is 0 Å². The zero-order chi connectivity index (χ0) is 18.5. The molecule has 3 aromatic rings. The highest BCUT2D eigenvalue weighted by atomic mass is 16.5. The number of carbonyl (C=O) groups is 2. The number of esters is 1. The second kappa shape index (κ2) is 7.60. The summed E-state index contributed by atoms with van der Waals surface area (Å²) in [5.74, 6) is -0.191. The summed E-state index contributed by atoms with van der Waals surface area (Å²) in [5, 5.41) is 4.01. The fourth-order valence-corrected chi connectivity index (χ4v) is 2.36. The van der Waals surface area contributed by atoms with Gasteiger partial charge in [-0.15, -0.1) is 0 Å². The number of benzene rings is 2. The molecule has 2 aromatic carbocycles. The number of rotatable bonds is 6. The first-order valence-electron chi connectivity index (χ1n) is 7.93. The maximum Gasteiger partial charge on any atom is 0.338 e. The van der Waals surface area contributed by atoms with Crippen LogP contribution in [0.2, 0.25) is 0 Å². The van der Waals surface area contributed by atoms with E-state index >= 15 is 0 Å². The SMILES string of the molecule is COc1ccc(C(=O)C(C)OC(=O)c2ccc(-n3cncn3)cc2)cc1. The van der Waals surface area contributed by atoms with Gasteiger partial charge in [-0.25, -0.2) is 14.5 Å². The summed E-state index contributed by atoms with van der Waals surface area (Å²) in [7, 11) is 1.55. The number of aromatic nitrogens is 3. The molecule has 0 amide bonds. The fourth-order valence-electron chi connectivity index (χ4n) is 2.36. The number of Topliss-reactive ketones (excluding diaryl/α,β-unsaturated/α-hetero) is 1. The molecular formula is C19H17N3O4.